The lowest BCUT2D eigenvalue weighted by Crippen LogP contribution is -2.41. The molecular formula is C25H25N3O5S. The molecule has 0 spiro atoms. The third-order valence-electron chi connectivity index (χ3n) is 5.76. The normalized spacial score (nSPS) is 12.7. The molecule has 2 N–H and O–H groups in total. The van der Waals surface area contributed by atoms with Crippen molar-refractivity contribution < 1.29 is 22.7 Å². The number of aryl methyl sites for hydroxylation is 1. The summed E-state index contributed by atoms with van der Waals surface area (Å²) in [6, 6.07) is 18.4. The topological polar surface area (TPSA) is 105 Å². The van der Waals surface area contributed by atoms with Crippen LogP contribution in [0.4, 0.5) is 5.69 Å². The zero-order chi connectivity index (χ0) is 24.3. The van der Waals surface area contributed by atoms with E-state index >= 15 is 0 Å². The third-order valence-corrected chi connectivity index (χ3v) is 7.57. The molecule has 1 aliphatic rings. The molecule has 8 nitrogen and oxygen atoms in total. The predicted molar refractivity (Wildman–Crippen MR) is 128 cm³/mol. The number of hydrogen-bond acceptors (Lipinski definition) is 5. The predicted octanol–water partition coefficient (Wildman–Crippen LogP) is 3.08. The molecule has 0 unspecified atom stereocenters. The molecule has 3 aromatic carbocycles. The largest absolute Gasteiger partial charge is 0.496 e. The molecule has 3 aromatic rings. The molecule has 34 heavy (non-hydrogen) atoms. The van der Waals surface area contributed by atoms with E-state index < -0.39 is 21.8 Å². The van der Waals surface area contributed by atoms with Gasteiger partial charge < -0.3 is 4.74 Å². The first kappa shape index (κ1) is 23.3. The molecule has 0 fully saturated rings. The van der Waals surface area contributed by atoms with Gasteiger partial charge in [-0.15, -0.1) is 0 Å². The van der Waals surface area contributed by atoms with Gasteiger partial charge in [0.1, 0.15) is 5.75 Å². The Kier molecular flexibility index (Phi) is 6.56. The van der Waals surface area contributed by atoms with Crippen molar-refractivity contribution in [3.05, 3.63) is 89.0 Å². The van der Waals surface area contributed by atoms with Gasteiger partial charge in [0.25, 0.3) is 21.8 Å². The minimum absolute atomic E-state index is 0.0160. The molecule has 9 heteroatoms. The molecule has 1 heterocycles. The Balaban J connectivity index is 1.55. The Morgan fingerprint density at radius 1 is 0.971 bits per heavy atom. The number of nitrogens with zero attached hydrogens (tertiary/aromatic N) is 1. The van der Waals surface area contributed by atoms with Gasteiger partial charge in [0.2, 0.25) is 0 Å². The van der Waals surface area contributed by atoms with E-state index in [1.54, 1.807) is 24.3 Å². The van der Waals surface area contributed by atoms with Crippen molar-refractivity contribution in [2.75, 3.05) is 18.0 Å². The number of carbonyl (C=O) groups excluding carboxylic acids is 2. The summed E-state index contributed by atoms with van der Waals surface area (Å²) >= 11 is 0. The summed E-state index contributed by atoms with van der Waals surface area (Å²) < 4.78 is 33.3. The lowest BCUT2D eigenvalue weighted by atomic mass is 10.1. The highest BCUT2D eigenvalue weighted by Gasteiger charge is 2.31. The van der Waals surface area contributed by atoms with Crippen molar-refractivity contribution in [1.82, 2.24) is 10.9 Å². The number of hydrogen-bond donors (Lipinski definition) is 2. The summed E-state index contributed by atoms with van der Waals surface area (Å²) in [4.78, 5) is 25.2. The number of nitrogens with one attached hydrogen (secondary N) is 2. The first-order valence-corrected chi connectivity index (χ1v) is 12.3. The standard InChI is InChI=1S/C25H25N3O5S/c1-3-17-8-10-19(11-9-17)24(29)26-27-25(30)21-16-20(12-13-23(21)33-2)34(31,32)28-15-14-18-6-4-5-7-22(18)28/h4-13,16H,3,14-15H2,1-2H3,(H,26,29)(H,27,30). The Bertz CT molecular complexity index is 1340. The van der Waals surface area contributed by atoms with Crippen LogP contribution in [0.25, 0.3) is 0 Å². The van der Waals surface area contributed by atoms with Crippen molar-refractivity contribution in [3.63, 3.8) is 0 Å². The van der Waals surface area contributed by atoms with E-state index in [1.165, 1.54) is 29.6 Å². The smallest absolute Gasteiger partial charge is 0.273 e. The van der Waals surface area contributed by atoms with E-state index in [0.717, 1.165) is 17.5 Å². The Hall–Kier alpha value is -3.85. The first-order chi connectivity index (χ1) is 16.3. The third kappa shape index (κ3) is 4.47. The molecule has 0 aliphatic carbocycles. The fourth-order valence-corrected chi connectivity index (χ4v) is 5.38. The minimum Gasteiger partial charge on any atom is -0.496 e. The van der Waals surface area contributed by atoms with Gasteiger partial charge in [-0.05, 0) is 60.4 Å². The van der Waals surface area contributed by atoms with E-state index in [0.29, 0.717) is 24.2 Å². The second-order valence-electron chi connectivity index (χ2n) is 7.78. The Morgan fingerprint density at radius 3 is 2.38 bits per heavy atom. The number of anilines is 1. The van der Waals surface area contributed by atoms with Crippen LogP contribution in [-0.2, 0) is 22.9 Å². The summed E-state index contributed by atoms with van der Waals surface area (Å²) in [6.07, 6.45) is 1.46. The van der Waals surface area contributed by atoms with E-state index in [1.807, 2.05) is 31.2 Å². The van der Waals surface area contributed by atoms with Crippen LogP contribution >= 0.6 is 0 Å². The number of carbonyl (C=O) groups is 2. The van der Waals surface area contributed by atoms with E-state index in [-0.39, 0.29) is 16.2 Å². The number of rotatable bonds is 6. The van der Waals surface area contributed by atoms with Gasteiger partial charge in [0, 0.05) is 12.1 Å². The van der Waals surface area contributed by atoms with Crippen LogP contribution in [0.5, 0.6) is 5.75 Å². The number of ether oxygens (including phenoxy) is 1. The summed E-state index contributed by atoms with van der Waals surface area (Å²) in [6.45, 7) is 2.33. The summed E-state index contributed by atoms with van der Waals surface area (Å²) in [5.41, 5.74) is 7.73. The molecule has 0 saturated carbocycles. The number of para-hydroxylation sites is 1. The number of hydrazine groups is 1. The van der Waals surface area contributed by atoms with Crippen molar-refractivity contribution in [2.45, 2.75) is 24.7 Å². The van der Waals surface area contributed by atoms with Crippen LogP contribution in [0.2, 0.25) is 0 Å². The van der Waals surface area contributed by atoms with Gasteiger partial charge in [-0.2, -0.15) is 0 Å². The maximum absolute atomic E-state index is 13.4. The van der Waals surface area contributed by atoms with Crippen LogP contribution < -0.4 is 19.9 Å². The molecule has 0 aromatic heterocycles. The summed E-state index contributed by atoms with van der Waals surface area (Å²) in [7, 11) is -2.52. The van der Waals surface area contributed by atoms with Gasteiger partial charge in [-0.25, -0.2) is 8.42 Å². The van der Waals surface area contributed by atoms with E-state index in [2.05, 4.69) is 10.9 Å². The Morgan fingerprint density at radius 2 is 1.68 bits per heavy atom. The highest BCUT2D eigenvalue weighted by atomic mass is 32.2. The van der Waals surface area contributed by atoms with Gasteiger partial charge >= 0.3 is 0 Å². The first-order valence-electron chi connectivity index (χ1n) is 10.8. The molecule has 176 valence electrons. The summed E-state index contributed by atoms with van der Waals surface area (Å²) in [5.74, 6) is -1.01. The highest BCUT2D eigenvalue weighted by Crippen LogP contribution is 2.33. The average Bonchev–Trinajstić information content (AvgIpc) is 3.32. The second kappa shape index (κ2) is 9.56. The fraction of sp³-hybridized carbons (Fsp3) is 0.200. The van der Waals surface area contributed by atoms with Gasteiger partial charge in [0.05, 0.1) is 23.3 Å². The molecule has 0 bridgehead atoms. The SMILES string of the molecule is CCc1ccc(C(=O)NNC(=O)c2cc(S(=O)(=O)N3CCc4ccccc43)ccc2OC)cc1. The second-order valence-corrected chi connectivity index (χ2v) is 9.64. The van der Waals surface area contributed by atoms with Crippen molar-refractivity contribution in [1.29, 1.82) is 0 Å². The molecule has 1 aliphatic heterocycles. The van der Waals surface area contributed by atoms with Gasteiger partial charge in [0.15, 0.2) is 0 Å². The number of benzene rings is 3. The maximum Gasteiger partial charge on any atom is 0.273 e. The van der Waals surface area contributed by atoms with E-state index in [9.17, 15) is 18.0 Å². The van der Waals surface area contributed by atoms with Crippen LogP contribution in [0.1, 0.15) is 38.8 Å². The van der Waals surface area contributed by atoms with Crippen LogP contribution in [0.3, 0.4) is 0 Å². The number of fused-ring (bicyclic) bond motifs is 1. The minimum atomic E-state index is -3.90. The molecule has 4 rings (SSSR count). The van der Waals surface area contributed by atoms with Crippen molar-refractivity contribution in [2.24, 2.45) is 0 Å². The fourth-order valence-electron chi connectivity index (χ4n) is 3.85. The van der Waals surface area contributed by atoms with Crippen LogP contribution in [0.15, 0.2) is 71.6 Å². The highest BCUT2D eigenvalue weighted by molar-refractivity contribution is 7.92. The quantitative estimate of drug-likeness (QED) is 0.529. The number of sulfonamides is 1. The van der Waals surface area contributed by atoms with Gasteiger partial charge in [-0.3, -0.25) is 24.7 Å². The van der Waals surface area contributed by atoms with Crippen LogP contribution in [-0.4, -0.2) is 33.9 Å². The molecular weight excluding hydrogens is 454 g/mol. The lowest BCUT2D eigenvalue weighted by molar-refractivity contribution is 0.0844. The van der Waals surface area contributed by atoms with Crippen LogP contribution in [0, 0.1) is 0 Å². The number of methoxy groups -OCH3 is 1. The van der Waals surface area contributed by atoms with Gasteiger partial charge in [-0.1, -0.05) is 37.3 Å². The zero-order valence-electron chi connectivity index (χ0n) is 18.9. The molecule has 0 atom stereocenters. The average molecular weight is 480 g/mol. The Labute approximate surface area is 198 Å². The summed E-state index contributed by atoms with van der Waals surface area (Å²) in [5, 5.41) is 0. The lowest BCUT2D eigenvalue weighted by Gasteiger charge is -2.20. The maximum atomic E-state index is 13.4. The number of amides is 2. The monoisotopic (exact) mass is 479 g/mol. The van der Waals surface area contributed by atoms with Crippen molar-refractivity contribution >= 4 is 27.5 Å². The molecule has 0 saturated heterocycles. The zero-order valence-corrected chi connectivity index (χ0v) is 19.7. The molecule has 2 amide bonds. The molecule has 0 radical (unpaired) electrons. The van der Waals surface area contributed by atoms with E-state index in [4.69, 9.17) is 4.74 Å². The van der Waals surface area contributed by atoms with Crippen molar-refractivity contribution in [3.8, 4) is 5.75 Å².